The number of carboxylic acid groups (broad SMARTS) is 1. The summed E-state index contributed by atoms with van der Waals surface area (Å²) >= 11 is 2.86. The predicted octanol–water partition coefficient (Wildman–Crippen LogP) is 5.77. The van der Waals surface area contributed by atoms with Gasteiger partial charge in [-0.15, -0.1) is 0 Å². The molecule has 12 heteroatoms. The SMILES string of the molecule is CCOC(=O)c1cn(-c2cc(N(C(=O)O)C(C)(C)C)c(F)cc2F)c2c(Br)c(F)c(F)cc2c1=O. The van der Waals surface area contributed by atoms with Crippen molar-refractivity contribution in [3.8, 4) is 5.69 Å². The molecule has 0 aliphatic rings. The number of rotatable bonds is 4. The molecule has 0 aliphatic heterocycles. The van der Waals surface area contributed by atoms with E-state index in [0.29, 0.717) is 17.0 Å². The first-order valence-electron chi connectivity index (χ1n) is 10.1. The molecule has 1 amide bonds. The summed E-state index contributed by atoms with van der Waals surface area (Å²) in [5.74, 6) is -6.38. The van der Waals surface area contributed by atoms with Crippen molar-refractivity contribution in [1.29, 1.82) is 0 Å². The zero-order valence-corrected chi connectivity index (χ0v) is 20.5. The van der Waals surface area contributed by atoms with Crippen LogP contribution in [0.5, 0.6) is 0 Å². The number of ether oxygens (including phenoxy) is 1. The van der Waals surface area contributed by atoms with Gasteiger partial charge in [0, 0.05) is 17.8 Å². The number of esters is 1. The van der Waals surface area contributed by atoms with E-state index in [1.807, 2.05) is 0 Å². The van der Waals surface area contributed by atoms with E-state index in [2.05, 4.69) is 15.9 Å². The number of carbonyl (C=O) groups is 2. The lowest BCUT2D eigenvalue weighted by molar-refractivity contribution is 0.0524. The van der Waals surface area contributed by atoms with Crippen LogP contribution >= 0.6 is 15.9 Å². The molecule has 1 heterocycles. The van der Waals surface area contributed by atoms with Crippen molar-refractivity contribution in [3.05, 3.63) is 67.9 Å². The smallest absolute Gasteiger partial charge is 0.412 e. The van der Waals surface area contributed by atoms with Gasteiger partial charge in [0.15, 0.2) is 11.6 Å². The fourth-order valence-electron chi connectivity index (χ4n) is 3.57. The quantitative estimate of drug-likeness (QED) is 0.249. The van der Waals surface area contributed by atoms with E-state index >= 15 is 4.39 Å². The first-order valence-corrected chi connectivity index (χ1v) is 10.9. The highest BCUT2D eigenvalue weighted by molar-refractivity contribution is 9.10. The lowest BCUT2D eigenvalue weighted by Crippen LogP contribution is -2.45. The van der Waals surface area contributed by atoms with Gasteiger partial charge < -0.3 is 14.4 Å². The molecule has 35 heavy (non-hydrogen) atoms. The summed E-state index contributed by atoms with van der Waals surface area (Å²) in [6, 6.07) is 1.78. The maximum absolute atomic E-state index is 15.1. The van der Waals surface area contributed by atoms with E-state index in [4.69, 9.17) is 4.74 Å². The first kappa shape index (κ1) is 26.2. The van der Waals surface area contributed by atoms with Gasteiger partial charge in [0.2, 0.25) is 5.43 Å². The molecular formula is C23H19BrF4N2O5. The standard InChI is InChI=1S/C23H19BrF4N2O5/c1-5-35-21(32)11-9-29(19-10(20(11)31)6-14(27)18(28)17(19)24)15-8-16(13(26)7-12(15)25)30(22(33)34)23(2,3)4/h6-9H,5H2,1-4H3,(H,33,34). The lowest BCUT2D eigenvalue weighted by Gasteiger charge is -2.33. The Balaban J connectivity index is 2.51. The van der Waals surface area contributed by atoms with Gasteiger partial charge in [0.05, 0.1) is 33.4 Å². The summed E-state index contributed by atoms with van der Waals surface area (Å²) in [6.45, 7) is 5.79. The molecule has 3 aromatic rings. The molecule has 0 atom stereocenters. The largest absolute Gasteiger partial charge is 0.465 e. The summed E-state index contributed by atoms with van der Waals surface area (Å²) in [5, 5.41) is 9.17. The number of carbonyl (C=O) groups excluding carboxylic acids is 1. The summed E-state index contributed by atoms with van der Waals surface area (Å²) in [7, 11) is 0. The second kappa shape index (κ2) is 9.33. The Bertz CT molecular complexity index is 1430. The molecule has 0 bridgehead atoms. The number of aromatic nitrogens is 1. The van der Waals surface area contributed by atoms with Crippen LogP contribution in [0.4, 0.5) is 28.0 Å². The van der Waals surface area contributed by atoms with Crippen LogP contribution in [-0.4, -0.2) is 33.9 Å². The van der Waals surface area contributed by atoms with E-state index in [1.165, 1.54) is 27.7 Å². The van der Waals surface area contributed by atoms with Gasteiger partial charge in [-0.05, 0) is 55.8 Å². The molecule has 7 nitrogen and oxygen atoms in total. The third-order valence-electron chi connectivity index (χ3n) is 5.00. The Hall–Kier alpha value is -3.41. The Morgan fingerprint density at radius 3 is 2.26 bits per heavy atom. The molecule has 2 aromatic carbocycles. The number of amides is 1. The monoisotopic (exact) mass is 558 g/mol. The summed E-state index contributed by atoms with van der Waals surface area (Å²) in [4.78, 5) is 37.9. The van der Waals surface area contributed by atoms with Gasteiger partial charge >= 0.3 is 12.1 Å². The highest BCUT2D eigenvalue weighted by Crippen LogP contribution is 2.34. The number of halogens is 5. The van der Waals surface area contributed by atoms with Crippen molar-refractivity contribution in [2.24, 2.45) is 0 Å². The van der Waals surface area contributed by atoms with Crippen LogP contribution in [0.25, 0.3) is 16.6 Å². The number of pyridine rings is 1. The van der Waals surface area contributed by atoms with Gasteiger partial charge in [-0.25, -0.2) is 27.2 Å². The average molecular weight is 559 g/mol. The summed E-state index contributed by atoms with van der Waals surface area (Å²) in [6.07, 6.45) is -0.701. The highest BCUT2D eigenvalue weighted by Gasteiger charge is 2.32. The molecule has 0 saturated carbocycles. The van der Waals surface area contributed by atoms with Crippen molar-refractivity contribution in [1.82, 2.24) is 4.57 Å². The van der Waals surface area contributed by atoms with Crippen molar-refractivity contribution < 1.29 is 37.0 Å². The number of nitrogens with zero attached hydrogens (tertiary/aromatic N) is 2. The van der Waals surface area contributed by atoms with E-state index in [-0.39, 0.29) is 12.1 Å². The van der Waals surface area contributed by atoms with Crippen molar-refractivity contribution in [3.63, 3.8) is 0 Å². The van der Waals surface area contributed by atoms with E-state index in [1.54, 1.807) is 0 Å². The molecule has 0 radical (unpaired) electrons. The Kier molecular flexibility index (Phi) is 6.98. The predicted molar refractivity (Wildman–Crippen MR) is 123 cm³/mol. The second-order valence-corrected chi connectivity index (χ2v) is 9.18. The summed E-state index contributed by atoms with van der Waals surface area (Å²) < 4.78 is 63.6. The van der Waals surface area contributed by atoms with Crippen molar-refractivity contribution in [2.75, 3.05) is 11.5 Å². The summed E-state index contributed by atoms with van der Waals surface area (Å²) in [5.41, 5.74) is -4.29. The number of fused-ring (bicyclic) bond motifs is 1. The van der Waals surface area contributed by atoms with Gasteiger partial charge in [-0.1, -0.05) is 0 Å². The number of hydrogen-bond acceptors (Lipinski definition) is 4. The zero-order valence-electron chi connectivity index (χ0n) is 18.9. The van der Waals surface area contributed by atoms with Gasteiger partial charge in [-0.2, -0.15) is 0 Å². The van der Waals surface area contributed by atoms with Crippen LogP contribution in [0.1, 0.15) is 38.1 Å². The minimum Gasteiger partial charge on any atom is -0.465 e. The van der Waals surface area contributed by atoms with Crippen LogP contribution in [0, 0.1) is 23.3 Å². The van der Waals surface area contributed by atoms with E-state index in [0.717, 1.165) is 16.8 Å². The first-order chi connectivity index (χ1) is 16.2. The third-order valence-corrected chi connectivity index (χ3v) is 5.72. The molecule has 0 aliphatic carbocycles. The fourth-order valence-corrected chi connectivity index (χ4v) is 4.16. The van der Waals surface area contributed by atoms with Crippen LogP contribution in [-0.2, 0) is 4.74 Å². The maximum Gasteiger partial charge on any atom is 0.412 e. The molecule has 186 valence electrons. The molecule has 0 spiro atoms. The fraction of sp³-hybridized carbons (Fsp3) is 0.261. The van der Waals surface area contributed by atoms with E-state index in [9.17, 15) is 32.7 Å². The van der Waals surface area contributed by atoms with E-state index < -0.39 is 73.1 Å². The van der Waals surface area contributed by atoms with Crippen molar-refractivity contribution in [2.45, 2.75) is 33.2 Å². The average Bonchev–Trinajstić information content (AvgIpc) is 2.73. The van der Waals surface area contributed by atoms with Crippen LogP contribution in [0.15, 0.2) is 33.7 Å². The number of anilines is 1. The second-order valence-electron chi connectivity index (χ2n) is 8.39. The zero-order chi connectivity index (χ0) is 26.4. The molecular weight excluding hydrogens is 540 g/mol. The topological polar surface area (TPSA) is 88.8 Å². The Morgan fingerprint density at radius 2 is 1.71 bits per heavy atom. The van der Waals surface area contributed by atoms with Crippen LogP contribution in [0.3, 0.4) is 0 Å². The van der Waals surface area contributed by atoms with Gasteiger partial charge in [0.1, 0.15) is 17.2 Å². The van der Waals surface area contributed by atoms with Gasteiger partial charge in [-0.3, -0.25) is 9.69 Å². The lowest BCUT2D eigenvalue weighted by atomic mass is 10.0. The number of benzene rings is 2. The molecule has 0 saturated heterocycles. The third kappa shape index (κ3) is 4.62. The van der Waals surface area contributed by atoms with Crippen molar-refractivity contribution >= 4 is 44.6 Å². The molecule has 1 aromatic heterocycles. The van der Waals surface area contributed by atoms with Crippen LogP contribution in [0.2, 0.25) is 0 Å². The van der Waals surface area contributed by atoms with Gasteiger partial charge in [0.25, 0.3) is 0 Å². The Labute approximate surface area is 204 Å². The Morgan fingerprint density at radius 1 is 1.09 bits per heavy atom. The number of hydrogen-bond donors (Lipinski definition) is 1. The minimum absolute atomic E-state index is 0.119. The molecule has 0 unspecified atom stereocenters. The minimum atomic E-state index is -1.54. The maximum atomic E-state index is 15.1. The molecule has 1 N–H and O–H groups in total. The molecule has 0 fully saturated rings. The van der Waals surface area contributed by atoms with Crippen LogP contribution < -0.4 is 10.3 Å². The normalized spacial score (nSPS) is 11.6. The highest BCUT2D eigenvalue weighted by atomic mass is 79.9. The molecule has 3 rings (SSSR count).